The molecular weight excluding hydrogens is 226 g/mol. The van der Waals surface area contributed by atoms with E-state index in [2.05, 4.69) is 0 Å². The van der Waals surface area contributed by atoms with Crippen LogP contribution in [0.1, 0.15) is 26.2 Å². The van der Waals surface area contributed by atoms with Crippen molar-refractivity contribution in [3.8, 4) is 0 Å². The number of hydrogen-bond acceptors (Lipinski definition) is 3. The molecule has 1 aliphatic carbocycles. The summed E-state index contributed by atoms with van der Waals surface area (Å²) in [6.45, 7) is 1.95. The highest BCUT2D eigenvalue weighted by molar-refractivity contribution is 7.98. The Bertz CT molecular complexity index is 289. The molecule has 1 atom stereocenters. The van der Waals surface area contributed by atoms with Crippen molar-refractivity contribution in [2.75, 3.05) is 19.1 Å². The highest BCUT2D eigenvalue weighted by atomic mass is 32.2. The number of amides is 1. The third-order valence-electron chi connectivity index (χ3n) is 3.42. The summed E-state index contributed by atoms with van der Waals surface area (Å²) < 4.78 is 0. The number of thioether (sulfide) groups is 1. The fraction of sp³-hybridized carbons (Fsp3) is 0.818. The molecule has 0 aliphatic heterocycles. The monoisotopic (exact) mass is 245 g/mol. The number of carbonyl (C=O) groups is 2. The van der Waals surface area contributed by atoms with Crippen molar-refractivity contribution < 1.29 is 14.7 Å². The molecule has 16 heavy (non-hydrogen) atoms. The van der Waals surface area contributed by atoms with Gasteiger partial charge in [-0.15, -0.1) is 0 Å². The second-order valence-corrected chi connectivity index (χ2v) is 5.37. The summed E-state index contributed by atoms with van der Waals surface area (Å²) in [5, 5.41) is 9.16. The Morgan fingerprint density at radius 1 is 1.50 bits per heavy atom. The highest BCUT2D eigenvalue weighted by Gasteiger charge is 2.52. The Hall–Kier alpha value is -0.710. The van der Waals surface area contributed by atoms with Gasteiger partial charge < -0.3 is 10.0 Å². The molecule has 0 bridgehead atoms. The van der Waals surface area contributed by atoms with Gasteiger partial charge in [0, 0.05) is 18.8 Å². The van der Waals surface area contributed by atoms with Gasteiger partial charge in [0.2, 0.25) is 5.91 Å². The van der Waals surface area contributed by atoms with E-state index in [0.29, 0.717) is 12.8 Å². The van der Waals surface area contributed by atoms with E-state index >= 15 is 0 Å². The molecule has 1 fully saturated rings. The van der Waals surface area contributed by atoms with Crippen LogP contribution < -0.4 is 0 Å². The second kappa shape index (κ2) is 5.08. The SMILES string of the molecule is CSCC(C)N(C)C(=O)C1(C(=O)O)CCC1. The van der Waals surface area contributed by atoms with Crippen LogP contribution >= 0.6 is 11.8 Å². The summed E-state index contributed by atoms with van der Waals surface area (Å²) in [7, 11) is 1.70. The van der Waals surface area contributed by atoms with Crippen LogP contribution in [0.3, 0.4) is 0 Å². The number of hydrogen-bond donors (Lipinski definition) is 1. The zero-order valence-electron chi connectivity index (χ0n) is 10.0. The minimum atomic E-state index is -1.12. The third-order valence-corrected chi connectivity index (χ3v) is 4.23. The van der Waals surface area contributed by atoms with Gasteiger partial charge in [0.25, 0.3) is 0 Å². The van der Waals surface area contributed by atoms with Crippen LogP contribution in [0.15, 0.2) is 0 Å². The molecule has 0 spiro atoms. The molecule has 0 heterocycles. The Morgan fingerprint density at radius 3 is 2.38 bits per heavy atom. The first-order valence-electron chi connectivity index (χ1n) is 5.45. The minimum Gasteiger partial charge on any atom is -0.480 e. The van der Waals surface area contributed by atoms with Crippen LogP contribution in [0.4, 0.5) is 0 Å². The molecule has 1 saturated carbocycles. The summed E-state index contributed by atoms with van der Waals surface area (Å²) in [6, 6.07) is 0.0827. The summed E-state index contributed by atoms with van der Waals surface area (Å²) in [5.74, 6) is -0.363. The zero-order valence-corrected chi connectivity index (χ0v) is 10.8. The zero-order chi connectivity index (χ0) is 12.3. The summed E-state index contributed by atoms with van der Waals surface area (Å²) in [4.78, 5) is 24.9. The van der Waals surface area contributed by atoms with Crippen LogP contribution in [0, 0.1) is 5.41 Å². The van der Waals surface area contributed by atoms with E-state index in [9.17, 15) is 9.59 Å². The quantitative estimate of drug-likeness (QED) is 0.745. The fourth-order valence-corrected chi connectivity index (χ4v) is 2.65. The smallest absolute Gasteiger partial charge is 0.319 e. The Balaban J connectivity index is 2.72. The number of aliphatic carboxylic acids is 1. The van der Waals surface area contributed by atoms with Crippen LogP contribution in [0.2, 0.25) is 0 Å². The molecule has 1 aliphatic rings. The highest BCUT2D eigenvalue weighted by Crippen LogP contribution is 2.42. The maximum atomic E-state index is 12.1. The lowest BCUT2D eigenvalue weighted by atomic mass is 9.67. The van der Waals surface area contributed by atoms with Crippen molar-refractivity contribution in [1.29, 1.82) is 0 Å². The molecule has 0 aromatic rings. The number of nitrogens with zero attached hydrogens (tertiary/aromatic N) is 1. The molecule has 1 rings (SSSR count). The van der Waals surface area contributed by atoms with Crippen LogP contribution in [0.5, 0.6) is 0 Å². The first kappa shape index (κ1) is 13.4. The lowest BCUT2D eigenvalue weighted by molar-refractivity contribution is -0.167. The van der Waals surface area contributed by atoms with E-state index in [1.54, 1.807) is 23.7 Å². The molecule has 92 valence electrons. The molecule has 0 radical (unpaired) electrons. The fourth-order valence-electron chi connectivity index (χ4n) is 1.94. The van der Waals surface area contributed by atoms with Crippen LogP contribution in [-0.2, 0) is 9.59 Å². The predicted molar refractivity (Wildman–Crippen MR) is 64.5 cm³/mol. The van der Waals surface area contributed by atoms with E-state index in [1.165, 1.54) is 0 Å². The lowest BCUT2D eigenvalue weighted by Crippen LogP contribution is -2.53. The largest absolute Gasteiger partial charge is 0.480 e. The van der Waals surface area contributed by atoms with Gasteiger partial charge in [0.15, 0.2) is 0 Å². The van der Waals surface area contributed by atoms with Gasteiger partial charge in [0.1, 0.15) is 5.41 Å². The first-order chi connectivity index (χ1) is 7.45. The lowest BCUT2D eigenvalue weighted by Gasteiger charge is -2.40. The van der Waals surface area contributed by atoms with Crippen molar-refractivity contribution in [2.45, 2.75) is 32.2 Å². The second-order valence-electron chi connectivity index (χ2n) is 4.46. The molecule has 4 nitrogen and oxygen atoms in total. The average molecular weight is 245 g/mol. The van der Waals surface area contributed by atoms with Crippen LogP contribution in [-0.4, -0.2) is 47.0 Å². The van der Waals surface area contributed by atoms with Gasteiger partial charge in [-0.05, 0) is 26.0 Å². The Kier molecular flexibility index (Phi) is 4.24. The van der Waals surface area contributed by atoms with E-state index in [4.69, 9.17) is 5.11 Å². The predicted octanol–water partition coefficient (Wildman–Crippen LogP) is 1.45. The maximum Gasteiger partial charge on any atom is 0.319 e. The van der Waals surface area contributed by atoms with Gasteiger partial charge in [0.05, 0.1) is 0 Å². The minimum absolute atomic E-state index is 0.0827. The molecule has 1 N–H and O–H groups in total. The summed E-state index contributed by atoms with van der Waals surface area (Å²) in [5.41, 5.74) is -1.12. The third kappa shape index (κ3) is 2.19. The molecule has 0 saturated heterocycles. The maximum absolute atomic E-state index is 12.1. The van der Waals surface area contributed by atoms with E-state index in [0.717, 1.165) is 12.2 Å². The van der Waals surface area contributed by atoms with Gasteiger partial charge in [-0.1, -0.05) is 6.42 Å². The van der Waals surface area contributed by atoms with Crippen molar-refractivity contribution in [3.63, 3.8) is 0 Å². The molecule has 1 unspecified atom stereocenters. The van der Waals surface area contributed by atoms with Crippen molar-refractivity contribution >= 4 is 23.6 Å². The van der Waals surface area contributed by atoms with Gasteiger partial charge in [-0.3, -0.25) is 9.59 Å². The average Bonchev–Trinajstić information content (AvgIpc) is 2.14. The molecule has 5 heteroatoms. The van der Waals surface area contributed by atoms with Crippen molar-refractivity contribution in [3.05, 3.63) is 0 Å². The van der Waals surface area contributed by atoms with Gasteiger partial charge in [-0.2, -0.15) is 11.8 Å². The van der Waals surface area contributed by atoms with Crippen molar-refractivity contribution in [1.82, 2.24) is 4.90 Å². The summed E-state index contributed by atoms with van der Waals surface area (Å²) in [6.07, 6.45) is 3.78. The number of carboxylic acids is 1. The summed E-state index contributed by atoms with van der Waals surface area (Å²) >= 11 is 1.66. The van der Waals surface area contributed by atoms with Crippen LogP contribution in [0.25, 0.3) is 0 Å². The standard InChI is InChI=1S/C11H19NO3S/c1-8(7-16-3)12(2)9(13)11(10(14)15)5-4-6-11/h8H,4-7H2,1-3H3,(H,14,15). The molecular formula is C11H19NO3S. The normalized spacial score (nSPS) is 19.7. The molecule has 0 aromatic carbocycles. The van der Waals surface area contributed by atoms with E-state index in [-0.39, 0.29) is 11.9 Å². The number of carbonyl (C=O) groups excluding carboxylic acids is 1. The molecule has 1 amide bonds. The van der Waals surface area contributed by atoms with E-state index in [1.807, 2.05) is 13.2 Å². The van der Waals surface area contributed by atoms with Gasteiger partial charge in [-0.25, -0.2) is 0 Å². The Labute approximate surface area is 100 Å². The first-order valence-corrected chi connectivity index (χ1v) is 6.84. The molecule has 0 aromatic heterocycles. The Morgan fingerprint density at radius 2 is 2.06 bits per heavy atom. The number of carboxylic acid groups (broad SMARTS) is 1. The van der Waals surface area contributed by atoms with Crippen molar-refractivity contribution in [2.24, 2.45) is 5.41 Å². The van der Waals surface area contributed by atoms with E-state index < -0.39 is 11.4 Å². The number of rotatable bonds is 5. The van der Waals surface area contributed by atoms with Gasteiger partial charge >= 0.3 is 5.97 Å². The topological polar surface area (TPSA) is 57.6 Å².